The van der Waals surface area contributed by atoms with Gasteiger partial charge in [-0.15, -0.1) is 0 Å². The Bertz CT molecular complexity index is 262. The summed E-state index contributed by atoms with van der Waals surface area (Å²) >= 11 is 6.03. The summed E-state index contributed by atoms with van der Waals surface area (Å²) in [7, 11) is 3.55. The highest BCUT2D eigenvalue weighted by molar-refractivity contribution is 6.31. The smallest absolute Gasteiger partial charge is 0.0834 e. The Balaban J connectivity index is 2.85. The Labute approximate surface area is 89.2 Å². The van der Waals surface area contributed by atoms with Crippen molar-refractivity contribution in [3.05, 3.63) is 16.9 Å². The second kappa shape index (κ2) is 5.34. The average Bonchev–Trinajstić information content (AvgIpc) is 2.46. The van der Waals surface area contributed by atoms with Gasteiger partial charge in [-0.2, -0.15) is 5.10 Å². The third-order valence-corrected chi connectivity index (χ3v) is 2.34. The number of aryl methyl sites for hydroxylation is 1. The van der Waals surface area contributed by atoms with Gasteiger partial charge in [-0.3, -0.25) is 4.68 Å². The Kier molecular flexibility index (Phi) is 4.38. The first-order valence-electron chi connectivity index (χ1n) is 4.60. The van der Waals surface area contributed by atoms with Gasteiger partial charge in [-0.1, -0.05) is 18.5 Å². The van der Waals surface area contributed by atoms with Crippen molar-refractivity contribution in [2.75, 3.05) is 20.3 Å². The summed E-state index contributed by atoms with van der Waals surface area (Å²) in [6.07, 6.45) is 1.65. The summed E-state index contributed by atoms with van der Waals surface area (Å²) in [5.74, 6) is 0. The van der Waals surface area contributed by atoms with Crippen LogP contribution in [-0.4, -0.2) is 30.0 Å². The highest BCUT2D eigenvalue weighted by Gasteiger charge is 2.17. The van der Waals surface area contributed by atoms with Crippen LogP contribution in [0, 0.1) is 0 Å². The second-order valence-corrected chi connectivity index (χ2v) is 3.47. The average molecular weight is 218 g/mol. The van der Waals surface area contributed by atoms with E-state index in [-0.39, 0.29) is 6.04 Å². The van der Waals surface area contributed by atoms with Crippen LogP contribution in [0.2, 0.25) is 5.02 Å². The van der Waals surface area contributed by atoms with Gasteiger partial charge in [0.25, 0.3) is 0 Å². The van der Waals surface area contributed by atoms with Crippen molar-refractivity contribution < 1.29 is 4.74 Å². The van der Waals surface area contributed by atoms with Gasteiger partial charge in [0.1, 0.15) is 0 Å². The van der Waals surface area contributed by atoms with Crippen molar-refractivity contribution >= 4 is 11.6 Å². The molecular formula is C9H16ClN3O. The molecule has 0 aromatic carbocycles. The Morgan fingerprint density at radius 1 is 1.71 bits per heavy atom. The zero-order valence-corrected chi connectivity index (χ0v) is 9.51. The van der Waals surface area contributed by atoms with Crippen molar-refractivity contribution in [1.29, 1.82) is 0 Å². The highest BCUT2D eigenvalue weighted by Crippen LogP contribution is 2.21. The first-order chi connectivity index (χ1) is 6.70. The molecule has 1 heterocycles. The first kappa shape index (κ1) is 11.5. The molecule has 5 heteroatoms. The largest absolute Gasteiger partial charge is 0.383 e. The molecule has 0 aliphatic carbocycles. The molecule has 1 aromatic rings. The van der Waals surface area contributed by atoms with Gasteiger partial charge in [0.05, 0.1) is 29.6 Å². The molecule has 0 spiro atoms. The van der Waals surface area contributed by atoms with E-state index in [2.05, 4.69) is 10.4 Å². The van der Waals surface area contributed by atoms with E-state index in [1.165, 1.54) is 0 Å². The van der Waals surface area contributed by atoms with Gasteiger partial charge >= 0.3 is 0 Å². The number of likely N-dealkylation sites (N-methyl/N-ethyl adjacent to an activating group) is 1. The predicted molar refractivity (Wildman–Crippen MR) is 56.5 cm³/mol. The first-order valence-corrected chi connectivity index (χ1v) is 4.98. The van der Waals surface area contributed by atoms with E-state index in [0.717, 1.165) is 12.2 Å². The zero-order chi connectivity index (χ0) is 10.6. The fourth-order valence-electron chi connectivity index (χ4n) is 1.46. The molecule has 14 heavy (non-hydrogen) atoms. The Hall–Kier alpha value is -0.580. The number of nitrogens with one attached hydrogen (secondary N) is 1. The lowest BCUT2D eigenvalue weighted by molar-refractivity contribution is 0.164. The topological polar surface area (TPSA) is 39.1 Å². The molecule has 1 aromatic heterocycles. The number of ether oxygens (including phenoxy) is 1. The van der Waals surface area contributed by atoms with Gasteiger partial charge in [-0.25, -0.2) is 0 Å². The van der Waals surface area contributed by atoms with Gasteiger partial charge in [0.2, 0.25) is 0 Å². The van der Waals surface area contributed by atoms with Crippen LogP contribution in [0.25, 0.3) is 0 Å². The molecular weight excluding hydrogens is 202 g/mol. The summed E-state index contributed by atoms with van der Waals surface area (Å²) in [5, 5.41) is 8.06. The van der Waals surface area contributed by atoms with Gasteiger partial charge in [0.15, 0.2) is 0 Å². The van der Waals surface area contributed by atoms with Crippen LogP contribution < -0.4 is 5.32 Å². The van der Waals surface area contributed by atoms with E-state index in [0.29, 0.717) is 11.6 Å². The molecule has 1 rings (SSSR count). The molecule has 0 aliphatic heterocycles. The molecule has 1 N–H and O–H groups in total. The summed E-state index contributed by atoms with van der Waals surface area (Å²) < 4.78 is 6.90. The Morgan fingerprint density at radius 3 is 2.86 bits per heavy atom. The maximum Gasteiger partial charge on any atom is 0.0834 e. The third-order valence-electron chi connectivity index (χ3n) is 2.05. The zero-order valence-electron chi connectivity index (χ0n) is 8.75. The molecule has 0 saturated carbocycles. The normalized spacial score (nSPS) is 13.1. The van der Waals surface area contributed by atoms with Crippen LogP contribution in [0.5, 0.6) is 0 Å². The molecule has 0 fully saturated rings. The van der Waals surface area contributed by atoms with Crippen molar-refractivity contribution in [2.24, 2.45) is 7.05 Å². The van der Waals surface area contributed by atoms with E-state index in [4.69, 9.17) is 16.3 Å². The van der Waals surface area contributed by atoms with Crippen LogP contribution >= 0.6 is 11.6 Å². The van der Waals surface area contributed by atoms with Crippen molar-refractivity contribution in [3.8, 4) is 0 Å². The predicted octanol–water partition coefficient (Wildman–Crippen LogP) is 1.37. The number of rotatable bonds is 5. The van der Waals surface area contributed by atoms with E-state index in [9.17, 15) is 0 Å². The van der Waals surface area contributed by atoms with Crippen LogP contribution in [0.1, 0.15) is 18.7 Å². The summed E-state index contributed by atoms with van der Waals surface area (Å²) in [6, 6.07) is 0.102. The number of aromatic nitrogens is 2. The number of hydrogen-bond donors (Lipinski definition) is 1. The number of nitrogens with zero attached hydrogens (tertiary/aromatic N) is 2. The molecule has 0 radical (unpaired) electrons. The van der Waals surface area contributed by atoms with Crippen LogP contribution in [-0.2, 0) is 11.8 Å². The van der Waals surface area contributed by atoms with E-state index in [1.807, 2.05) is 14.0 Å². The molecule has 0 aliphatic rings. The SMILES string of the molecule is CCNC(COC)c1c(Cl)cnn1C. The molecule has 0 amide bonds. The minimum atomic E-state index is 0.102. The fourth-order valence-corrected chi connectivity index (χ4v) is 1.76. The minimum Gasteiger partial charge on any atom is -0.383 e. The maximum absolute atomic E-state index is 6.03. The van der Waals surface area contributed by atoms with Crippen LogP contribution in [0.15, 0.2) is 6.20 Å². The molecule has 0 saturated heterocycles. The highest BCUT2D eigenvalue weighted by atomic mass is 35.5. The standard InChI is InChI=1S/C9H16ClN3O/c1-4-11-8(6-14-3)9-7(10)5-12-13(9)2/h5,8,11H,4,6H2,1-3H3. The molecule has 0 bridgehead atoms. The van der Waals surface area contributed by atoms with E-state index in [1.54, 1.807) is 18.0 Å². The minimum absolute atomic E-state index is 0.102. The lowest BCUT2D eigenvalue weighted by Gasteiger charge is -2.17. The quantitative estimate of drug-likeness (QED) is 0.810. The van der Waals surface area contributed by atoms with Gasteiger partial charge < -0.3 is 10.1 Å². The van der Waals surface area contributed by atoms with E-state index >= 15 is 0 Å². The number of halogens is 1. The summed E-state index contributed by atoms with van der Waals surface area (Å²) in [4.78, 5) is 0. The summed E-state index contributed by atoms with van der Waals surface area (Å²) in [6.45, 7) is 3.51. The van der Waals surface area contributed by atoms with Crippen molar-refractivity contribution in [2.45, 2.75) is 13.0 Å². The summed E-state index contributed by atoms with van der Waals surface area (Å²) in [5.41, 5.74) is 0.968. The van der Waals surface area contributed by atoms with Crippen molar-refractivity contribution in [3.63, 3.8) is 0 Å². The lowest BCUT2D eigenvalue weighted by Crippen LogP contribution is -2.27. The Morgan fingerprint density at radius 2 is 2.43 bits per heavy atom. The third kappa shape index (κ3) is 2.47. The lowest BCUT2D eigenvalue weighted by atomic mass is 10.2. The van der Waals surface area contributed by atoms with Gasteiger partial charge in [-0.05, 0) is 6.54 Å². The molecule has 80 valence electrons. The van der Waals surface area contributed by atoms with Crippen molar-refractivity contribution in [1.82, 2.24) is 15.1 Å². The van der Waals surface area contributed by atoms with Crippen LogP contribution in [0.4, 0.5) is 0 Å². The van der Waals surface area contributed by atoms with Gasteiger partial charge in [0, 0.05) is 14.2 Å². The second-order valence-electron chi connectivity index (χ2n) is 3.07. The number of hydrogen-bond acceptors (Lipinski definition) is 3. The maximum atomic E-state index is 6.03. The molecule has 1 atom stereocenters. The molecule has 1 unspecified atom stereocenters. The molecule has 4 nitrogen and oxygen atoms in total. The fraction of sp³-hybridized carbons (Fsp3) is 0.667. The number of methoxy groups -OCH3 is 1. The monoisotopic (exact) mass is 217 g/mol. The van der Waals surface area contributed by atoms with E-state index < -0.39 is 0 Å². The van der Waals surface area contributed by atoms with Crippen LogP contribution in [0.3, 0.4) is 0 Å².